The summed E-state index contributed by atoms with van der Waals surface area (Å²) in [7, 11) is 0. The van der Waals surface area contributed by atoms with Gasteiger partial charge in [-0.25, -0.2) is 0 Å². The molecule has 8 heteroatoms. The van der Waals surface area contributed by atoms with Gasteiger partial charge in [0.25, 0.3) is 5.91 Å². The lowest BCUT2D eigenvalue weighted by molar-refractivity contribution is -0.128. The third kappa shape index (κ3) is 3.98. The lowest BCUT2D eigenvalue weighted by Crippen LogP contribution is -2.45. The molecular formula is C14H24ClN5O2. The van der Waals surface area contributed by atoms with Crippen LogP contribution in [0.15, 0.2) is 0 Å². The first-order chi connectivity index (χ1) is 9.95. The van der Waals surface area contributed by atoms with Crippen LogP contribution >= 0.6 is 12.4 Å². The minimum Gasteiger partial charge on any atom is -0.356 e. The molecule has 7 nitrogen and oxygen atoms in total. The third-order valence-corrected chi connectivity index (χ3v) is 3.66. The molecule has 1 aromatic rings. The van der Waals surface area contributed by atoms with Crippen LogP contribution in [0.2, 0.25) is 0 Å². The quantitative estimate of drug-likeness (QED) is 0.627. The largest absolute Gasteiger partial charge is 0.356 e. The van der Waals surface area contributed by atoms with E-state index in [2.05, 4.69) is 26.1 Å². The molecule has 2 amide bonds. The lowest BCUT2D eigenvalue weighted by Gasteiger charge is -2.23. The molecule has 1 aromatic heterocycles. The average molecular weight is 330 g/mol. The maximum Gasteiger partial charge on any atom is 0.272 e. The smallest absolute Gasteiger partial charge is 0.272 e. The van der Waals surface area contributed by atoms with E-state index < -0.39 is 5.41 Å². The molecule has 0 unspecified atom stereocenters. The first kappa shape index (κ1) is 18.4. The van der Waals surface area contributed by atoms with Crippen molar-refractivity contribution in [2.24, 2.45) is 5.41 Å². The summed E-state index contributed by atoms with van der Waals surface area (Å²) in [5.74, 6) is -0.315. The summed E-state index contributed by atoms with van der Waals surface area (Å²) in [6.07, 6.45) is 0.847. The predicted octanol–water partition coefficient (Wildman–Crippen LogP) is 0.369. The Morgan fingerprint density at radius 1 is 1.32 bits per heavy atom. The highest BCUT2D eigenvalue weighted by atomic mass is 35.5. The molecule has 0 bridgehead atoms. The first-order valence-electron chi connectivity index (χ1n) is 7.29. The molecule has 0 aliphatic carbocycles. The fourth-order valence-corrected chi connectivity index (χ4v) is 2.28. The van der Waals surface area contributed by atoms with Gasteiger partial charge >= 0.3 is 0 Å². The van der Waals surface area contributed by atoms with Gasteiger partial charge < -0.3 is 16.0 Å². The Balaban J connectivity index is 0.00000242. The van der Waals surface area contributed by atoms with Crippen LogP contribution in [0.25, 0.3) is 0 Å². The van der Waals surface area contributed by atoms with Crippen molar-refractivity contribution < 1.29 is 9.59 Å². The molecule has 0 atom stereocenters. The van der Waals surface area contributed by atoms with Crippen LogP contribution in [0.1, 0.15) is 42.5 Å². The number of carbonyl (C=O) groups excluding carboxylic acids is 2. The van der Waals surface area contributed by atoms with Crippen LogP contribution in [0.3, 0.4) is 0 Å². The highest BCUT2D eigenvalue weighted by Crippen LogP contribution is 2.17. The maximum absolute atomic E-state index is 12.3. The summed E-state index contributed by atoms with van der Waals surface area (Å²) >= 11 is 0. The number of hydrogen-bond acceptors (Lipinski definition) is 4. The number of halogens is 1. The zero-order valence-electron chi connectivity index (χ0n) is 13.2. The molecule has 124 valence electrons. The third-order valence-electron chi connectivity index (χ3n) is 3.66. The molecule has 2 heterocycles. The van der Waals surface area contributed by atoms with Crippen LogP contribution in [-0.2, 0) is 17.8 Å². The number of rotatable bonds is 5. The van der Waals surface area contributed by atoms with Gasteiger partial charge in [0.15, 0.2) is 5.69 Å². The van der Waals surface area contributed by atoms with Gasteiger partial charge in [0.05, 0.1) is 5.41 Å². The topological polar surface area (TPSA) is 98.9 Å². The molecule has 2 rings (SSSR count). The molecule has 0 aromatic carbocycles. The molecule has 4 N–H and O–H groups in total. The summed E-state index contributed by atoms with van der Waals surface area (Å²) in [4.78, 5) is 24.2. The molecule has 0 radical (unpaired) electrons. The van der Waals surface area contributed by atoms with Gasteiger partial charge in [0.1, 0.15) is 0 Å². The summed E-state index contributed by atoms with van der Waals surface area (Å²) < 4.78 is 0. The summed E-state index contributed by atoms with van der Waals surface area (Å²) in [5.41, 5.74) is 1.71. The Morgan fingerprint density at radius 2 is 2.05 bits per heavy atom. The number of fused-ring (bicyclic) bond motifs is 1. The van der Waals surface area contributed by atoms with Gasteiger partial charge in [-0.3, -0.25) is 14.7 Å². The molecule has 1 aliphatic heterocycles. The van der Waals surface area contributed by atoms with Crippen LogP contribution in [-0.4, -0.2) is 41.6 Å². The number of hydrogen-bond donors (Lipinski definition) is 4. The van der Waals surface area contributed by atoms with Gasteiger partial charge in [-0.15, -0.1) is 12.4 Å². The van der Waals surface area contributed by atoms with Crippen molar-refractivity contribution in [3.8, 4) is 0 Å². The van der Waals surface area contributed by atoms with Gasteiger partial charge in [-0.05, 0) is 20.8 Å². The second kappa shape index (κ2) is 7.60. The van der Waals surface area contributed by atoms with Gasteiger partial charge in [0.2, 0.25) is 5.91 Å². The number of carbonyl (C=O) groups is 2. The van der Waals surface area contributed by atoms with Crippen LogP contribution in [0.4, 0.5) is 0 Å². The van der Waals surface area contributed by atoms with E-state index in [0.717, 1.165) is 24.2 Å². The SMILES string of the molecule is CCNC(=O)C(C)(C)CNC(=O)c1n[nH]c2c1CNCC2.Cl. The van der Waals surface area contributed by atoms with E-state index in [1.54, 1.807) is 13.8 Å². The number of amides is 2. The van der Waals surface area contributed by atoms with E-state index in [9.17, 15) is 9.59 Å². The number of aromatic amines is 1. The van der Waals surface area contributed by atoms with Crippen molar-refractivity contribution in [1.29, 1.82) is 0 Å². The zero-order chi connectivity index (χ0) is 15.5. The first-order valence-corrected chi connectivity index (χ1v) is 7.29. The minimum absolute atomic E-state index is 0. The molecule has 0 saturated heterocycles. The van der Waals surface area contributed by atoms with E-state index >= 15 is 0 Å². The molecule has 1 aliphatic rings. The second-order valence-corrected chi connectivity index (χ2v) is 5.88. The highest BCUT2D eigenvalue weighted by Gasteiger charge is 2.29. The summed E-state index contributed by atoms with van der Waals surface area (Å²) in [5, 5.41) is 15.8. The van der Waals surface area contributed by atoms with E-state index in [1.165, 1.54) is 0 Å². The molecular weight excluding hydrogens is 306 g/mol. The normalized spacial score (nSPS) is 13.8. The molecule has 22 heavy (non-hydrogen) atoms. The van der Waals surface area contributed by atoms with Crippen LogP contribution < -0.4 is 16.0 Å². The van der Waals surface area contributed by atoms with Crippen molar-refractivity contribution in [2.75, 3.05) is 19.6 Å². The van der Waals surface area contributed by atoms with Crippen molar-refractivity contribution in [2.45, 2.75) is 33.7 Å². The fraction of sp³-hybridized carbons (Fsp3) is 0.643. The standard InChI is InChI=1S/C14H23N5O2.ClH/c1-4-16-13(21)14(2,3)8-17-12(20)11-9-7-15-6-5-10(9)18-19-11;/h15H,4-8H2,1-3H3,(H,16,21)(H,17,20)(H,18,19);1H. The summed E-state index contributed by atoms with van der Waals surface area (Å²) in [6, 6.07) is 0. The number of aromatic nitrogens is 2. The molecule has 0 spiro atoms. The summed E-state index contributed by atoms with van der Waals surface area (Å²) in [6.45, 7) is 7.87. The Kier molecular flexibility index (Phi) is 6.37. The number of nitrogens with one attached hydrogen (secondary N) is 4. The van der Waals surface area contributed by atoms with E-state index in [4.69, 9.17) is 0 Å². The Morgan fingerprint density at radius 3 is 2.73 bits per heavy atom. The van der Waals surface area contributed by atoms with E-state index in [-0.39, 0.29) is 30.8 Å². The lowest BCUT2D eigenvalue weighted by atomic mass is 9.92. The van der Waals surface area contributed by atoms with E-state index in [1.807, 2.05) is 6.92 Å². The zero-order valence-corrected chi connectivity index (χ0v) is 14.0. The number of nitrogens with zero attached hydrogens (tertiary/aromatic N) is 1. The molecule has 0 fully saturated rings. The Labute approximate surface area is 136 Å². The van der Waals surface area contributed by atoms with Gasteiger partial charge in [-0.1, -0.05) is 0 Å². The average Bonchev–Trinajstić information content (AvgIpc) is 2.89. The highest BCUT2D eigenvalue weighted by molar-refractivity contribution is 5.94. The monoisotopic (exact) mass is 329 g/mol. The van der Waals surface area contributed by atoms with Crippen molar-refractivity contribution in [1.82, 2.24) is 26.1 Å². The maximum atomic E-state index is 12.3. The van der Waals surface area contributed by atoms with Crippen molar-refractivity contribution in [3.63, 3.8) is 0 Å². The van der Waals surface area contributed by atoms with Crippen molar-refractivity contribution >= 4 is 24.2 Å². The number of H-pyrrole nitrogens is 1. The van der Waals surface area contributed by atoms with Crippen LogP contribution in [0.5, 0.6) is 0 Å². The van der Waals surface area contributed by atoms with Gasteiger partial charge in [-0.2, -0.15) is 5.10 Å². The van der Waals surface area contributed by atoms with Crippen molar-refractivity contribution in [3.05, 3.63) is 17.0 Å². The van der Waals surface area contributed by atoms with Crippen LogP contribution in [0, 0.1) is 5.41 Å². The predicted molar refractivity (Wildman–Crippen MR) is 86.0 cm³/mol. The fourth-order valence-electron chi connectivity index (χ4n) is 2.28. The Hall–Kier alpha value is -1.60. The molecule has 0 saturated carbocycles. The minimum atomic E-state index is -0.652. The second-order valence-electron chi connectivity index (χ2n) is 5.88. The van der Waals surface area contributed by atoms with Gasteiger partial charge in [0, 0.05) is 43.9 Å². The Bertz CT molecular complexity index is 541. The van der Waals surface area contributed by atoms with E-state index in [0.29, 0.717) is 18.8 Å².